The number of halogens is 2. The van der Waals surface area contributed by atoms with Crippen LogP contribution in [-0.2, 0) is 11.3 Å². The Balaban J connectivity index is 0.00000225. The third-order valence-corrected chi connectivity index (χ3v) is 5.31. The highest BCUT2D eigenvalue weighted by molar-refractivity contribution is 14.0. The summed E-state index contributed by atoms with van der Waals surface area (Å²) in [5, 5.41) is 3.50. The van der Waals surface area contributed by atoms with Gasteiger partial charge >= 0.3 is 0 Å². The fourth-order valence-electron chi connectivity index (χ4n) is 3.44. The van der Waals surface area contributed by atoms with Gasteiger partial charge in [-0.05, 0) is 30.0 Å². The van der Waals surface area contributed by atoms with Gasteiger partial charge in [0.2, 0.25) is 0 Å². The lowest BCUT2D eigenvalue weighted by Crippen LogP contribution is -2.42. The molecule has 2 saturated heterocycles. The van der Waals surface area contributed by atoms with Crippen molar-refractivity contribution < 1.29 is 4.74 Å². The Morgan fingerprint density at radius 1 is 1.24 bits per heavy atom. The van der Waals surface area contributed by atoms with Crippen LogP contribution >= 0.6 is 39.9 Å². The van der Waals surface area contributed by atoms with Gasteiger partial charge in [0.05, 0.1) is 13.2 Å². The van der Waals surface area contributed by atoms with Gasteiger partial charge in [-0.15, -0.1) is 24.0 Å². The molecule has 1 N–H and O–H groups in total. The predicted octanol–water partition coefficient (Wildman–Crippen LogP) is 2.80. The largest absolute Gasteiger partial charge is 0.379 e. The number of nitrogens with one attached hydrogen (secondary N) is 1. The smallest absolute Gasteiger partial charge is 0.193 e. The molecule has 0 aromatic heterocycles. The summed E-state index contributed by atoms with van der Waals surface area (Å²) in [5.74, 6) is 1.75. The number of likely N-dealkylation sites (tertiary alicyclic amines) is 1. The van der Waals surface area contributed by atoms with E-state index in [-0.39, 0.29) is 24.0 Å². The standard InChI is InChI=1S/C18H27BrN4O.HI/c1-20-18(21-12-15-2-4-17(19)5-3-15)23-7-6-16(14-23)13-22-8-10-24-11-9-22;/h2-5,16H,6-14H2,1H3,(H,20,21);1H. The maximum atomic E-state index is 5.44. The fourth-order valence-corrected chi connectivity index (χ4v) is 3.70. The summed E-state index contributed by atoms with van der Waals surface area (Å²) in [5.41, 5.74) is 1.27. The van der Waals surface area contributed by atoms with E-state index in [0.717, 1.165) is 62.3 Å². The number of morpholine rings is 1. The number of nitrogens with zero attached hydrogens (tertiary/aromatic N) is 3. The normalized spacial score (nSPS) is 21.9. The predicted molar refractivity (Wildman–Crippen MR) is 117 cm³/mol. The minimum Gasteiger partial charge on any atom is -0.379 e. The van der Waals surface area contributed by atoms with Crippen LogP contribution in [0.1, 0.15) is 12.0 Å². The van der Waals surface area contributed by atoms with Gasteiger partial charge in [0.1, 0.15) is 0 Å². The Hall–Kier alpha value is -0.380. The van der Waals surface area contributed by atoms with Crippen molar-refractivity contribution in [1.29, 1.82) is 0 Å². The van der Waals surface area contributed by atoms with Crippen LogP contribution in [0, 0.1) is 5.92 Å². The summed E-state index contributed by atoms with van der Waals surface area (Å²) < 4.78 is 6.55. The summed E-state index contributed by atoms with van der Waals surface area (Å²) in [7, 11) is 1.87. The van der Waals surface area contributed by atoms with Gasteiger partial charge in [-0.2, -0.15) is 0 Å². The van der Waals surface area contributed by atoms with E-state index in [1.54, 1.807) is 0 Å². The van der Waals surface area contributed by atoms with Crippen molar-refractivity contribution in [2.24, 2.45) is 10.9 Å². The number of aliphatic imine (C=N–C) groups is 1. The molecule has 0 aliphatic carbocycles. The zero-order valence-electron chi connectivity index (χ0n) is 14.8. The molecule has 2 aliphatic heterocycles. The first kappa shape index (κ1) is 20.9. The zero-order chi connectivity index (χ0) is 16.8. The molecule has 7 heteroatoms. The number of guanidine groups is 1. The Bertz CT molecular complexity index is 549. The van der Waals surface area contributed by atoms with E-state index in [4.69, 9.17) is 4.74 Å². The second-order valence-corrected chi connectivity index (χ2v) is 7.46. The van der Waals surface area contributed by atoms with Crippen LogP contribution in [0.15, 0.2) is 33.7 Å². The van der Waals surface area contributed by atoms with Crippen LogP contribution in [0.4, 0.5) is 0 Å². The third-order valence-electron chi connectivity index (χ3n) is 4.78. The number of ether oxygens (including phenoxy) is 1. The van der Waals surface area contributed by atoms with Crippen LogP contribution in [0.5, 0.6) is 0 Å². The Kier molecular flexibility index (Phi) is 8.95. The van der Waals surface area contributed by atoms with Gasteiger partial charge in [0.15, 0.2) is 5.96 Å². The molecule has 2 heterocycles. The van der Waals surface area contributed by atoms with Gasteiger partial charge in [-0.1, -0.05) is 28.1 Å². The highest BCUT2D eigenvalue weighted by Crippen LogP contribution is 2.18. The van der Waals surface area contributed by atoms with Crippen LogP contribution in [0.3, 0.4) is 0 Å². The van der Waals surface area contributed by atoms with E-state index < -0.39 is 0 Å². The average molecular weight is 523 g/mol. The van der Waals surface area contributed by atoms with Crippen molar-refractivity contribution in [1.82, 2.24) is 15.1 Å². The topological polar surface area (TPSA) is 40.1 Å². The first-order valence-electron chi connectivity index (χ1n) is 8.75. The summed E-state index contributed by atoms with van der Waals surface area (Å²) in [6.07, 6.45) is 1.25. The first-order valence-corrected chi connectivity index (χ1v) is 9.54. The molecule has 2 fully saturated rings. The lowest BCUT2D eigenvalue weighted by Gasteiger charge is -2.29. The van der Waals surface area contributed by atoms with Crippen molar-refractivity contribution >= 4 is 45.9 Å². The maximum absolute atomic E-state index is 5.44. The Labute approximate surface area is 176 Å². The Morgan fingerprint density at radius 2 is 1.96 bits per heavy atom. The number of hydrogen-bond acceptors (Lipinski definition) is 3. The van der Waals surface area contributed by atoms with E-state index in [1.807, 2.05) is 7.05 Å². The van der Waals surface area contributed by atoms with Crippen molar-refractivity contribution in [3.05, 3.63) is 34.3 Å². The zero-order valence-corrected chi connectivity index (χ0v) is 18.7. The lowest BCUT2D eigenvalue weighted by atomic mass is 10.1. The summed E-state index contributed by atoms with van der Waals surface area (Å²) >= 11 is 3.48. The van der Waals surface area contributed by atoms with Gasteiger partial charge in [-0.3, -0.25) is 9.89 Å². The molecule has 1 aromatic rings. The second-order valence-electron chi connectivity index (χ2n) is 6.54. The van der Waals surface area contributed by atoms with E-state index in [1.165, 1.54) is 18.5 Å². The molecular formula is C18H28BrIN4O. The van der Waals surface area contributed by atoms with Gasteiger partial charge in [0, 0.05) is 50.8 Å². The maximum Gasteiger partial charge on any atom is 0.193 e. The minimum absolute atomic E-state index is 0. The monoisotopic (exact) mass is 522 g/mol. The molecule has 0 spiro atoms. The molecule has 140 valence electrons. The SMILES string of the molecule is CN=C(NCc1ccc(Br)cc1)N1CCC(CN2CCOCC2)C1.I. The van der Waals surface area contributed by atoms with Crippen molar-refractivity contribution in [3.63, 3.8) is 0 Å². The van der Waals surface area contributed by atoms with Crippen molar-refractivity contribution in [3.8, 4) is 0 Å². The molecule has 1 unspecified atom stereocenters. The molecule has 1 aromatic carbocycles. The van der Waals surface area contributed by atoms with E-state index in [0.29, 0.717) is 0 Å². The van der Waals surface area contributed by atoms with Gasteiger partial charge in [0.25, 0.3) is 0 Å². The molecular weight excluding hydrogens is 495 g/mol. The molecule has 3 rings (SSSR count). The minimum atomic E-state index is 0. The van der Waals surface area contributed by atoms with Crippen LogP contribution in [0.2, 0.25) is 0 Å². The second kappa shape index (κ2) is 10.7. The number of benzene rings is 1. The van der Waals surface area contributed by atoms with Crippen molar-refractivity contribution in [2.45, 2.75) is 13.0 Å². The third kappa shape index (κ3) is 6.37. The highest BCUT2D eigenvalue weighted by Gasteiger charge is 2.26. The van der Waals surface area contributed by atoms with E-state index >= 15 is 0 Å². The first-order chi connectivity index (χ1) is 11.7. The fraction of sp³-hybridized carbons (Fsp3) is 0.611. The molecule has 0 bridgehead atoms. The van der Waals surface area contributed by atoms with Crippen LogP contribution in [0.25, 0.3) is 0 Å². The van der Waals surface area contributed by atoms with E-state index in [9.17, 15) is 0 Å². The molecule has 0 radical (unpaired) electrons. The average Bonchev–Trinajstić information content (AvgIpc) is 3.06. The van der Waals surface area contributed by atoms with Crippen molar-refractivity contribution in [2.75, 3.05) is 53.0 Å². The lowest BCUT2D eigenvalue weighted by molar-refractivity contribution is 0.0315. The van der Waals surface area contributed by atoms with Crippen LogP contribution < -0.4 is 5.32 Å². The summed E-state index contributed by atoms with van der Waals surface area (Å²) in [4.78, 5) is 9.40. The highest BCUT2D eigenvalue weighted by atomic mass is 127. The van der Waals surface area contributed by atoms with E-state index in [2.05, 4.69) is 60.3 Å². The Morgan fingerprint density at radius 3 is 2.64 bits per heavy atom. The molecule has 1 atom stereocenters. The number of hydrogen-bond donors (Lipinski definition) is 1. The van der Waals surface area contributed by atoms with Crippen LogP contribution in [-0.4, -0.2) is 68.7 Å². The molecule has 0 saturated carbocycles. The summed E-state index contributed by atoms with van der Waals surface area (Å²) in [6.45, 7) is 8.10. The molecule has 5 nitrogen and oxygen atoms in total. The summed E-state index contributed by atoms with van der Waals surface area (Å²) in [6, 6.07) is 8.42. The molecule has 0 amide bonds. The molecule has 2 aliphatic rings. The quantitative estimate of drug-likeness (QED) is 0.375. The van der Waals surface area contributed by atoms with Gasteiger partial charge in [-0.25, -0.2) is 0 Å². The van der Waals surface area contributed by atoms with Gasteiger partial charge < -0.3 is 15.0 Å². The molecule has 25 heavy (non-hydrogen) atoms. The number of rotatable bonds is 4.